The average molecular weight is 382 g/mol. The van der Waals surface area contributed by atoms with Crippen molar-refractivity contribution in [1.29, 1.82) is 0 Å². The Morgan fingerprint density at radius 3 is 2.46 bits per heavy atom. The molecule has 0 bridgehead atoms. The first-order valence-corrected chi connectivity index (χ1v) is 8.55. The van der Waals surface area contributed by atoms with Gasteiger partial charge in [0, 0.05) is 5.02 Å². The summed E-state index contributed by atoms with van der Waals surface area (Å²) in [7, 11) is 1.33. The maximum absolute atomic E-state index is 12.8. The molecule has 1 saturated carbocycles. The molecule has 0 heterocycles. The van der Waals surface area contributed by atoms with Crippen LogP contribution in [0.2, 0.25) is 5.02 Å². The number of rotatable bonds is 7. The number of halogens is 3. The van der Waals surface area contributed by atoms with Crippen molar-refractivity contribution in [3.63, 3.8) is 0 Å². The van der Waals surface area contributed by atoms with E-state index in [1.807, 2.05) is 12.1 Å². The molecule has 1 atom stereocenters. The van der Waals surface area contributed by atoms with Crippen LogP contribution in [0.4, 0.5) is 8.78 Å². The van der Waals surface area contributed by atoms with Crippen molar-refractivity contribution in [3.8, 4) is 11.5 Å². The second-order valence-corrected chi connectivity index (χ2v) is 6.49. The summed E-state index contributed by atoms with van der Waals surface area (Å²) in [4.78, 5) is 12.8. The summed E-state index contributed by atoms with van der Waals surface area (Å²) in [6.07, 6.45) is 1.98. The van der Waals surface area contributed by atoms with Gasteiger partial charge in [-0.1, -0.05) is 29.8 Å². The van der Waals surface area contributed by atoms with E-state index in [1.54, 1.807) is 18.2 Å². The molecule has 138 valence electrons. The molecule has 0 unspecified atom stereocenters. The third kappa shape index (κ3) is 4.25. The number of benzene rings is 2. The summed E-state index contributed by atoms with van der Waals surface area (Å²) < 4.78 is 35.1. The van der Waals surface area contributed by atoms with Gasteiger partial charge in [0.25, 0.3) is 5.91 Å². The van der Waals surface area contributed by atoms with Crippen LogP contribution in [0.5, 0.6) is 11.5 Å². The van der Waals surface area contributed by atoms with Gasteiger partial charge in [0.05, 0.1) is 18.7 Å². The van der Waals surface area contributed by atoms with Crippen molar-refractivity contribution in [1.82, 2.24) is 5.32 Å². The fraction of sp³-hybridized carbons (Fsp3) is 0.316. The van der Waals surface area contributed by atoms with Gasteiger partial charge in [-0.25, -0.2) is 0 Å². The molecule has 3 rings (SSSR count). The summed E-state index contributed by atoms with van der Waals surface area (Å²) in [5.41, 5.74) is 0.925. The number of carbonyl (C=O) groups excluding carboxylic acids is 1. The lowest BCUT2D eigenvalue weighted by Gasteiger charge is -2.20. The Morgan fingerprint density at radius 1 is 1.19 bits per heavy atom. The molecule has 0 aliphatic heterocycles. The topological polar surface area (TPSA) is 47.6 Å². The molecule has 26 heavy (non-hydrogen) atoms. The van der Waals surface area contributed by atoms with Gasteiger partial charge in [0.1, 0.15) is 0 Å². The van der Waals surface area contributed by atoms with Crippen LogP contribution in [-0.4, -0.2) is 19.6 Å². The largest absolute Gasteiger partial charge is 0.493 e. The van der Waals surface area contributed by atoms with Gasteiger partial charge in [-0.3, -0.25) is 4.79 Å². The predicted molar refractivity (Wildman–Crippen MR) is 94.0 cm³/mol. The first kappa shape index (κ1) is 18.5. The lowest BCUT2D eigenvalue weighted by atomic mass is 10.0. The normalized spacial score (nSPS) is 14.8. The van der Waals surface area contributed by atoms with Crippen molar-refractivity contribution >= 4 is 17.5 Å². The highest BCUT2D eigenvalue weighted by atomic mass is 35.5. The molecular weight excluding hydrogens is 364 g/mol. The number of ether oxygens (including phenoxy) is 2. The van der Waals surface area contributed by atoms with E-state index >= 15 is 0 Å². The van der Waals surface area contributed by atoms with Crippen molar-refractivity contribution < 1.29 is 23.0 Å². The van der Waals surface area contributed by atoms with Crippen LogP contribution >= 0.6 is 11.6 Å². The third-order valence-corrected chi connectivity index (χ3v) is 4.51. The highest BCUT2D eigenvalue weighted by Gasteiger charge is 2.34. The summed E-state index contributed by atoms with van der Waals surface area (Å²) >= 11 is 5.93. The molecule has 2 aromatic rings. The number of hydrogen-bond donors (Lipinski definition) is 1. The van der Waals surface area contributed by atoms with Crippen molar-refractivity contribution in [3.05, 3.63) is 58.6 Å². The van der Waals surface area contributed by atoms with Gasteiger partial charge >= 0.3 is 6.61 Å². The maximum atomic E-state index is 12.8. The Bertz CT molecular complexity index is 779. The first-order valence-electron chi connectivity index (χ1n) is 8.17. The molecule has 1 fully saturated rings. The van der Waals surface area contributed by atoms with Gasteiger partial charge in [0.15, 0.2) is 11.5 Å². The SMILES string of the molecule is COc1cccc(C(=O)N[C@@H](c2ccc(Cl)cc2)C2CC2)c1OC(F)F. The van der Waals surface area contributed by atoms with Gasteiger partial charge in [0.2, 0.25) is 0 Å². The van der Waals surface area contributed by atoms with Crippen LogP contribution in [-0.2, 0) is 0 Å². The first-order chi connectivity index (χ1) is 12.5. The number of hydrogen-bond acceptors (Lipinski definition) is 3. The molecule has 1 aliphatic carbocycles. The number of amides is 1. The molecule has 1 aliphatic rings. The van der Waals surface area contributed by atoms with Gasteiger partial charge < -0.3 is 14.8 Å². The zero-order valence-electron chi connectivity index (χ0n) is 14.0. The van der Waals surface area contributed by atoms with Crippen LogP contribution in [0.1, 0.15) is 34.8 Å². The number of para-hydroxylation sites is 1. The fourth-order valence-corrected chi connectivity index (χ4v) is 2.98. The molecule has 0 radical (unpaired) electrons. The summed E-state index contributed by atoms with van der Waals surface area (Å²) in [5, 5.41) is 3.54. The van der Waals surface area contributed by atoms with E-state index in [0.717, 1.165) is 18.4 Å². The average Bonchev–Trinajstić information content (AvgIpc) is 3.45. The zero-order valence-corrected chi connectivity index (χ0v) is 14.8. The minimum Gasteiger partial charge on any atom is -0.493 e. The minimum atomic E-state index is -3.06. The summed E-state index contributed by atoms with van der Waals surface area (Å²) in [6, 6.07) is 11.5. The third-order valence-electron chi connectivity index (χ3n) is 4.26. The van der Waals surface area contributed by atoms with Crippen LogP contribution in [0.25, 0.3) is 0 Å². The molecule has 7 heteroatoms. The lowest BCUT2D eigenvalue weighted by molar-refractivity contribution is -0.0515. The quantitative estimate of drug-likeness (QED) is 0.747. The van der Waals surface area contributed by atoms with Gasteiger partial charge in [-0.2, -0.15) is 8.78 Å². The Morgan fingerprint density at radius 2 is 1.88 bits per heavy atom. The van der Waals surface area contributed by atoms with E-state index in [-0.39, 0.29) is 23.1 Å². The van der Waals surface area contributed by atoms with Crippen molar-refractivity contribution in [2.24, 2.45) is 5.92 Å². The molecule has 2 aromatic carbocycles. The highest BCUT2D eigenvalue weighted by Crippen LogP contribution is 2.42. The molecule has 0 spiro atoms. The standard InChI is InChI=1S/C19H18ClF2NO3/c1-25-15-4-2-3-14(17(15)26-19(21)22)18(24)23-16(11-5-6-11)12-7-9-13(20)10-8-12/h2-4,7-11,16,19H,5-6H2,1H3,(H,23,24)/t16-/m1/s1. The molecule has 4 nitrogen and oxygen atoms in total. The zero-order chi connectivity index (χ0) is 18.7. The number of methoxy groups -OCH3 is 1. The molecular formula is C19H18ClF2NO3. The van der Waals surface area contributed by atoms with Crippen LogP contribution < -0.4 is 14.8 Å². The number of alkyl halides is 2. The summed E-state index contributed by atoms with van der Waals surface area (Å²) in [5.74, 6) is -0.378. The molecule has 0 aromatic heterocycles. The molecule has 1 N–H and O–H groups in total. The summed E-state index contributed by atoms with van der Waals surface area (Å²) in [6.45, 7) is -3.06. The second kappa shape index (κ2) is 7.91. The lowest BCUT2D eigenvalue weighted by Crippen LogP contribution is -2.30. The second-order valence-electron chi connectivity index (χ2n) is 6.06. The van der Waals surface area contributed by atoms with Gasteiger partial charge in [-0.15, -0.1) is 0 Å². The Kier molecular flexibility index (Phi) is 5.61. The van der Waals surface area contributed by atoms with Crippen LogP contribution in [0, 0.1) is 5.92 Å². The van der Waals surface area contributed by atoms with Crippen molar-refractivity contribution in [2.45, 2.75) is 25.5 Å². The Balaban J connectivity index is 1.87. The number of nitrogens with one attached hydrogen (secondary N) is 1. The van der Waals surface area contributed by atoms with E-state index in [4.69, 9.17) is 16.3 Å². The fourth-order valence-electron chi connectivity index (χ4n) is 2.86. The monoisotopic (exact) mass is 381 g/mol. The predicted octanol–water partition coefficient (Wildman–Crippen LogP) is 4.83. The number of carbonyl (C=O) groups is 1. The molecule has 0 saturated heterocycles. The maximum Gasteiger partial charge on any atom is 0.387 e. The molecule has 1 amide bonds. The van der Waals surface area contributed by atoms with Crippen LogP contribution in [0.3, 0.4) is 0 Å². The smallest absolute Gasteiger partial charge is 0.387 e. The van der Waals surface area contributed by atoms with E-state index in [9.17, 15) is 13.6 Å². The van der Waals surface area contributed by atoms with E-state index in [2.05, 4.69) is 10.1 Å². The van der Waals surface area contributed by atoms with E-state index in [0.29, 0.717) is 10.9 Å². The Labute approximate surface area is 155 Å². The highest BCUT2D eigenvalue weighted by molar-refractivity contribution is 6.30. The van der Waals surface area contributed by atoms with Crippen LogP contribution in [0.15, 0.2) is 42.5 Å². The van der Waals surface area contributed by atoms with E-state index in [1.165, 1.54) is 19.2 Å². The van der Waals surface area contributed by atoms with Crippen molar-refractivity contribution in [2.75, 3.05) is 7.11 Å². The van der Waals surface area contributed by atoms with Gasteiger partial charge in [-0.05, 0) is 48.6 Å². The Hall–Kier alpha value is -2.34. The van der Waals surface area contributed by atoms with E-state index < -0.39 is 12.5 Å². The minimum absolute atomic E-state index is 0.00395.